The molecule has 0 saturated carbocycles. The first-order valence-corrected chi connectivity index (χ1v) is 12.0. The van der Waals surface area contributed by atoms with Crippen molar-refractivity contribution in [2.75, 3.05) is 37.6 Å². The molecule has 3 aliphatic rings. The highest BCUT2D eigenvalue weighted by molar-refractivity contribution is 5.68. The normalized spacial score (nSPS) is 26.3. The van der Waals surface area contributed by atoms with E-state index in [0.29, 0.717) is 36.7 Å². The number of amides is 1. The highest BCUT2D eigenvalue weighted by atomic mass is 16.6. The number of hydrogen-bond acceptors (Lipinski definition) is 9. The number of piperidine rings is 2. The maximum Gasteiger partial charge on any atom is 0.409 e. The Labute approximate surface area is 199 Å². The number of rotatable bonds is 6. The third-order valence-corrected chi connectivity index (χ3v) is 7.03. The SMILES string of the molecule is COC(=O)N1[C@@H]2CCC[C@H]1CC(N(C)c1nc(Nc3cc(C)[nH]n3)cc(O[C@H]3CCOC3)n1)C2. The number of anilines is 3. The van der Waals surface area contributed by atoms with Crippen LogP contribution in [0.4, 0.5) is 22.4 Å². The van der Waals surface area contributed by atoms with Crippen LogP contribution in [-0.4, -0.2) is 82.8 Å². The fourth-order valence-corrected chi connectivity index (χ4v) is 5.32. The summed E-state index contributed by atoms with van der Waals surface area (Å²) in [7, 11) is 3.48. The number of H-pyrrole nitrogens is 1. The van der Waals surface area contributed by atoms with Gasteiger partial charge in [0, 0.05) is 49.4 Å². The molecule has 184 valence electrons. The lowest BCUT2D eigenvalue weighted by atomic mass is 9.81. The summed E-state index contributed by atoms with van der Waals surface area (Å²) in [4.78, 5) is 26.0. The van der Waals surface area contributed by atoms with E-state index in [2.05, 4.69) is 20.4 Å². The maximum absolute atomic E-state index is 12.4. The molecule has 0 spiro atoms. The molecule has 11 nitrogen and oxygen atoms in total. The molecular weight excluding hydrogens is 438 g/mol. The van der Waals surface area contributed by atoms with Gasteiger partial charge in [-0.15, -0.1) is 0 Å². The fourth-order valence-electron chi connectivity index (χ4n) is 5.32. The van der Waals surface area contributed by atoms with Gasteiger partial charge >= 0.3 is 6.09 Å². The Morgan fingerprint density at radius 3 is 2.65 bits per heavy atom. The molecule has 34 heavy (non-hydrogen) atoms. The average Bonchev–Trinajstić information content (AvgIpc) is 3.48. The lowest BCUT2D eigenvalue weighted by Gasteiger charge is -2.49. The summed E-state index contributed by atoms with van der Waals surface area (Å²) in [6.07, 6.45) is 5.44. The molecule has 0 aromatic carbocycles. The molecule has 0 aliphatic carbocycles. The third kappa shape index (κ3) is 4.75. The molecule has 2 N–H and O–H groups in total. The predicted octanol–water partition coefficient (Wildman–Crippen LogP) is 3.01. The van der Waals surface area contributed by atoms with Gasteiger partial charge in [0.1, 0.15) is 11.9 Å². The third-order valence-electron chi connectivity index (χ3n) is 7.03. The topological polar surface area (TPSA) is 118 Å². The number of methoxy groups -OCH3 is 1. The van der Waals surface area contributed by atoms with Gasteiger partial charge in [0.25, 0.3) is 0 Å². The molecular formula is C23H33N7O4. The highest BCUT2D eigenvalue weighted by Gasteiger charge is 2.43. The number of nitrogens with zero attached hydrogens (tertiary/aromatic N) is 5. The van der Waals surface area contributed by atoms with Crippen LogP contribution in [0.15, 0.2) is 12.1 Å². The minimum atomic E-state index is -0.220. The zero-order valence-corrected chi connectivity index (χ0v) is 20.0. The van der Waals surface area contributed by atoms with Gasteiger partial charge < -0.3 is 29.3 Å². The summed E-state index contributed by atoms with van der Waals surface area (Å²) in [6.45, 7) is 3.21. The van der Waals surface area contributed by atoms with Crippen LogP contribution in [0.3, 0.4) is 0 Å². The molecule has 5 heterocycles. The molecule has 5 rings (SSSR count). The van der Waals surface area contributed by atoms with E-state index in [1.54, 1.807) is 6.07 Å². The molecule has 2 aromatic heterocycles. The van der Waals surface area contributed by atoms with Gasteiger partial charge in [-0.25, -0.2) is 4.79 Å². The van der Waals surface area contributed by atoms with Crippen molar-refractivity contribution in [3.63, 3.8) is 0 Å². The molecule has 1 amide bonds. The van der Waals surface area contributed by atoms with E-state index in [1.807, 2.05) is 24.9 Å². The number of aromatic nitrogens is 4. The first-order valence-electron chi connectivity index (χ1n) is 12.0. The molecule has 2 bridgehead atoms. The molecule has 1 unspecified atom stereocenters. The number of hydrogen-bond donors (Lipinski definition) is 2. The van der Waals surface area contributed by atoms with Crippen molar-refractivity contribution in [3.05, 3.63) is 17.8 Å². The number of carbonyl (C=O) groups is 1. The lowest BCUT2D eigenvalue weighted by Crippen LogP contribution is -2.58. The maximum atomic E-state index is 12.4. The van der Waals surface area contributed by atoms with Gasteiger partial charge in [0.2, 0.25) is 11.8 Å². The van der Waals surface area contributed by atoms with Gasteiger partial charge in [0.05, 0.1) is 20.3 Å². The van der Waals surface area contributed by atoms with E-state index in [0.717, 1.165) is 44.2 Å². The second-order valence-corrected chi connectivity index (χ2v) is 9.41. The number of aromatic amines is 1. The van der Waals surface area contributed by atoms with Crippen LogP contribution in [0.5, 0.6) is 5.88 Å². The van der Waals surface area contributed by atoms with Gasteiger partial charge in [-0.05, 0) is 39.0 Å². The van der Waals surface area contributed by atoms with Crippen molar-refractivity contribution in [1.82, 2.24) is 25.1 Å². The Hall–Kier alpha value is -3.08. The van der Waals surface area contributed by atoms with Crippen LogP contribution < -0.4 is 15.0 Å². The monoisotopic (exact) mass is 471 g/mol. The van der Waals surface area contributed by atoms with Crippen molar-refractivity contribution in [2.45, 2.75) is 69.7 Å². The summed E-state index contributed by atoms with van der Waals surface area (Å²) in [5.74, 6) is 2.39. The second-order valence-electron chi connectivity index (χ2n) is 9.41. The largest absolute Gasteiger partial charge is 0.472 e. The summed E-state index contributed by atoms with van der Waals surface area (Å²) in [5, 5.41) is 10.5. The molecule has 2 aromatic rings. The summed E-state index contributed by atoms with van der Waals surface area (Å²) >= 11 is 0. The zero-order valence-electron chi connectivity index (χ0n) is 20.0. The van der Waals surface area contributed by atoms with Crippen LogP contribution in [0.1, 0.15) is 44.2 Å². The van der Waals surface area contributed by atoms with Crippen molar-refractivity contribution in [1.29, 1.82) is 0 Å². The lowest BCUT2D eigenvalue weighted by molar-refractivity contribution is 0.0260. The summed E-state index contributed by atoms with van der Waals surface area (Å²) in [5.41, 5.74) is 0.956. The van der Waals surface area contributed by atoms with Crippen LogP contribution in [-0.2, 0) is 9.47 Å². The van der Waals surface area contributed by atoms with E-state index in [1.165, 1.54) is 7.11 Å². The highest BCUT2D eigenvalue weighted by Crippen LogP contribution is 2.37. The minimum Gasteiger partial charge on any atom is -0.472 e. The van der Waals surface area contributed by atoms with Gasteiger partial charge in [-0.3, -0.25) is 5.10 Å². The molecule has 3 aliphatic heterocycles. The predicted molar refractivity (Wildman–Crippen MR) is 126 cm³/mol. The van der Waals surface area contributed by atoms with Crippen LogP contribution in [0, 0.1) is 6.92 Å². The van der Waals surface area contributed by atoms with Crippen molar-refractivity contribution in [3.8, 4) is 5.88 Å². The van der Waals surface area contributed by atoms with Crippen LogP contribution in [0.25, 0.3) is 0 Å². The van der Waals surface area contributed by atoms with Crippen LogP contribution in [0.2, 0.25) is 0 Å². The summed E-state index contributed by atoms with van der Waals surface area (Å²) in [6, 6.07) is 4.27. The summed E-state index contributed by atoms with van der Waals surface area (Å²) < 4.78 is 16.7. The molecule has 3 fully saturated rings. The fraction of sp³-hybridized carbons (Fsp3) is 0.652. The Morgan fingerprint density at radius 1 is 1.21 bits per heavy atom. The Kier molecular flexibility index (Phi) is 6.44. The average molecular weight is 472 g/mol. The Balaban J connectivity index is 1.38. The van der Waals surface area contributed by atoms with E-state index in [-0.39, 0.29) is 30.3 Å². The first-order chi connectivity index (χ1) is 16.5. The number of fused-ring (bicyclic) bond motifs is 2. The van der Waals surface area contributed by atoms with Crippen molar-refractivity contribution < 1.29 is 19.0 Å². The van der Waals surface area contributed by atoms with E-state index in [9.17, 15) is 4.79 Å². The standard InChI is InChI=1S/C23H33N7O4/c1-14-9-20(28-27-14)24-19-12-21(34-18-7-8-33-13-18)26-22(25-19)29(2)17-10-15-5-4-6-16(11-17)30(15)23(31)32-3/h9,12,15-18H,4-8,10-11,13H2,1-3H3,(H2,24,25,26,27,28)/t15-,16+,17?,18-/m0/s1. The quantitative estimate of drug-likeness (QED) is 0.655. The second kappa shape index (κ2) is 9.65. The van der Waals surface area contributed by atoms with Crippen molar-refractivity contribution >= 4 is 23.7 Å². The molecule has 3 saturated heterocycles. The number of aryl methyl sites for hydroxylation is 1. The molecule has 0 radical (unpaired) electrons. The van der Waals surface area contributed by atoms with Crippen molar-refractivity contribution in [2.24, 2.45) is 0 Å². The Morgan fingerprint density at radius 2 is 2.00 bits per heavy atom. The minimum absolute atomic E-state index is 0.0174. The smallest absolute Gasteiger partial charge is 0.409 e. The molecule has 4 atom stereocenters. The van der Waals surface area contributed by atoms with Gasteiger partial charge in [0.15, 0.2) is 5.82 Å². The Bertz CT molecular complexity index is 995. The van der Waals surface area contributed by atoms with Gasteiger partial charge in [-0.2, -0.15) is 15.1 Å². The molecule has 11 heteroatoms. The van der Waals surface area contributed by atoms with E-state index < -0.39 is 0 Å². The zero-order chi connectivity index (χ0) is 23.7. The van der Waals surface area contributed by atoms with Crippen LogP contribution >= 0.6 is 0 Å². The number of carbonyl (C=O) groups excluding carboxylic acids is 1. The van der Waals surface area contributed by atoms with E-state index >= 15 is 0 Å². The number of nitrogens with one attached hydrogen (secondary N) is 2. The number of ether oxygens (including phenoxy) is 3. The van der Waals surface area contributed by atoms with Gasteiger partial charge in [-0.1, -0.05) is 0 Å². The first kappa shape index (κ1) is 22.7. The van der Waals surface area contributed by atoms with E-state index in [4.69, 9.17) is 24.2 Å².